The summed E-state index contributed by atoms with van der Waals surface area (Å²) in [5, 5.41) is 2.97. The van der Waals surface area contributed by atoms with E-state index in [1.807, 2.05) is 7.05 Å². The number of halogens is 1. The van der Waals surface area contributed by atoms with Gasteiger partial charge in [-0.1, -0.05) is 28.8 Å². The fraction of sp³-hybridized carbons (Fsp3) is 0.667. The van der Waals surface area contributed by atoms with E-state index in [-0.39, 0.29) is 5.91 Å². The number of carbonyl (C=O) groups is 1. The van der Waals surface area contributed by atoms with E-state index in [1.165, 1.54) is 25.7 Å². The van der Waals surface area contributed by atoms with Gasteiger partial charge in [-0.15, -0.1) is 0 Å². The van der Waals surface area contributed by atoms with Gasteiger partial charge in [0.25, 0.3) is 5.91 Å². The lowest BCUT2D eigenvalue weighted by molar-refractivity contribution is 0.0940. The molecule has 1 fully saturated rings. The number of aromatic nitrogens is 2. The number of hydrogen-bond donors (Lipinski definition) is 1. The first kappa shape index (κ1) is 12.6. The number of carbonyl (C=O) groups excluding carboxylic acids is 1. The molecule has 1 aliphatic carbocycles. The van der Waals surface area contributed by atoms with E-state index in [2.05, 4.69) is 26.2 Å². The maximum absolute atomic E-state index is 11.8. The molecule has 5 heteroatoms. The van der Waals surface area contributed by atoms with Crippen LogP contribution >= 0.6 is 15.9 Å². The SMILES string of the molecule is Cn1cnc(C(=O)NCC2CCCCC2Br)c1. The Labute approximate surface area is 110 Å². The van der Waals surface area contributed by atoms with Crippen molar-refractivity contribution >= 4 is 21.8 Å². The van der Waals surface area contributed by atoms with E-state index in [4.69, 9.17) is 0 Å². The molecule has 94 valence electrons. The first-order chi connectivity index (χ1) is 8.16. The zero-order valence-corrected chi connectivity index (χ0v) is 11.6. The maximum atomic E-state index is 11.8. The number of aryl methyl sites for hydroxylation is 1. The third-order valence-corrected chi connectivity index (χ3v) is 4.48. The van der Waals surface area contributed by atoms with Crippen molar-refractivity contribution in [3.8, 4) is 0 Å². The number of amides is 1. The van der Waals surface area contributed by atoms with Crippen LogP contribution in [0.5, 0.6) is 0 Å². The standard InChI is InChI=1S/C12H18BrN3O/c1-16-7-11(15-8-16)12(17)14-6-9-4-2-3-5-10(9)13/h7-10H,2-6H2,1H3,(H,14,17). The normalized spacial score (nSPS) is 24.6. The molecule has 0 aromatic carbocycles. The summed E-state index contributed by atoms with van der Waals surface area (Å²) in [6.07, 6.45) is 8.35. The van der Waals surface area contributed by atoms with Crippen LogP contribution in [0.25, 0.3) is 0 Å². The first-order valence-corrected chi connectivity index (χ1v) is 6.98. The number of nitrogens with one attached hydrogen (secondary N) is 1. The number of rotatable bonds is 3. The number of nitrogens with zero attached hydrogens (tertiary/aromatic N) is 2. The third-order valence-electron chi connectivity index (χ3n) is 3.28. The van der Waals surface area contributed by atoms with Gasteiger partial charge in [0.2, 0.25) is 0 Å². The van der Waals surface area contributed by atoms with Crippen LogP contribution in [0.2, 0.25) is 0 Å². The molecule has 4 nitrogen and oxygen atoms in total. The molecule has 1 heterocycles. The molecule has 0 spiro atoms. The summed E-state index contributed by atoms with van der Waals surface area (Å²) in [5.74, 6) is 0.479. The summed E-state index contributed by atoms with van der Waals surface area (Å²) in [7, 11) is 1.86. The maximum Gasteiger partial charge on any atom is 0.271 e. The smallest absolute Gasteiger partial charge is 0.271 e. The van der Waals surface area contributed by atoms with Crippen LogP contribution in [-0.4, -0.2) is 26.8 Å². The molecule has 1 amide bonds. The van der Waals surface area contributed by atoms with Gasteiger partial charge in [-0.3, -0.25) is 4.79 Å². The van der Waals surface area contributed by atoms with Crippen LogP contribution in [0.1, 0.15) is 36.2 Å². The fourth-order valence-electron chi connectivity index (χ4n) is 2.24. The van der Waals surface area contributed by atoms with Crippen LogP contribution in [0.3, 0.4) is 0 Å². The van der Waals surface area contributed by atoms with E-state index in [0.717, 1.165) is 6.54 Å². The molecule has 0 saturated heterocycles. The van der Waals surface area contributed by atoms with Crippen molar-refractivity contribution in [3.63, 3.8) is 0 Å². The second kappa shape index (κ2) is 5.67. The minimum atomic E-state index is -0.0733. The minimum Gasteiger partial charge on any atom is -0.350 e. The third kappa shape index (κ3) is 3.31. The average molecular weight is 300 g/mol. The van der Waals surface area contributed by atoms with Crippen LogP contribution in [0.15, 0.2) is 12.5 Å². The Bertz CT molecular complexity index is 391. The Morgan fingerprint density at radius 3 is 3.00 bits per heavy atom. The molecular weight excluding hydrogens is 282 g/mol. The summed E-state index contributed by atoms with van der Waals surface area (Å²) in [6.45, 7) is 0.741. The van der Waals surface area contributed by atoms with Gasteiger partial charge in [-0.2, -0.15) is 0 Å². The monoisotopic (exact) mass is 299 g/mol. The lowest BCUT2D eigenvalue weighted by Gasteiger charge is -2.27. The van der Waals surface area contributed by atoms with E-state index < -0.39 is 0 Å². The highest BCUT2D eigenvalue weighted by Crippen LogP contribution is 2.29. The number of hydrogen-bond acceptors (Lipinski definition) is 2. The molecule has 2 atom stereocenters. The van der Waals surface area contributed by atoms with Crippen LogP contribution in [-0.2, 0) is 7.05 Å². The molecule has 0 bridgehead atoms. The lowest BCUT2D eigenvalue weighted by atomic mass is 9.89. The minimum absolute atomic E-state index is 0.0733. The molecule has 2 unspecified atom stereocenters. The van der Waals surface area contributed by atoms with Gasteiger partial charge >= 0.3 is 0 Å². The molecule has 1 N–H and O–H groups in total. The predicted molar refractivity (Wildman–Crippen MR) is 70.2 cm³/mol. The zero-order chi connectivity index (χ0) is 12.3. The van der Waals surface area contributed by atoms with E-state index in [0.29, 0.717) is 16.4 Å². The molecule has 1 aliphatic rings. The van der Waals surface area contributed by atoms with Crippen molar-refractivity contribution in [2.45, 2.75) is 30.5 Å². The van der Waals surface area contributed by atoms with Gasteiger partial charge in [0.1, 0.15) is 5.69 Å². The number of alkyl halides is 1. The van der Waals surface area contributed by atoms with Crippen molar-refractivity contribution < 1.29 is 4.79 Å². The molecule has 17 heavy (non-hydrogen) atoms. The Morgan fingerprint density at radius 1 is 1.59 bits per heavy atom. The molecule has 2 rings (SSSR count). The van der Waals surface area contributed by atoms with Gasteiger partial charge < -0.3 is 9.88 Å². The Balaban J connectivity index is 1.83. The largest absolute Gasteiger partial charge is 0.350 e. The van der Waals surface area contributed by atoms with Gasteiger partial charge in [0.15, 0.2) is 0 Å². The van der Waals surface area contributed by atoms with E-state index >= 15 is 0 Å². The van der Waals surface area contributed by atoms with Crippen molar-refractivity contribution in [1.29, 1.82) is 0 Å². The van der Waals surface area contributed by atoms with Gasteiger partial charge in [0.05, 0.1) is 6.33 Å². The molecule has 1 aromatic rings. The van der Waals surface area contributed by atoms with Gasteiger partial charge in [-0.05, 0) is 18.8 Å². The summed E-state index contributed by atoms with van der Waals surface area (Å²) >= 11 is 3.69. The predicted octanol–water partition coefficient (Wildman–Crippen LogP) is 2.10. The average Bonchev–Trinajstić information content (AvgIpc) is 2.74. The van der Waals surface area contributed by atoms with Crippen molar-refractivity contribution in [2.24, 2.45) is 13.0 Å². The molecule has 0 radical (unpaired) electrons. The van der Waals surface area contributed by atoms with Crippen LogP contribution < -0.4 is 5.32 Å². The molecule has 1 saturated carbocycles. The molecule has 0 aliphatic heterocycles. The summed E-state index contributed by atoms with van der Waals surface area (Å²) in [6, 6.07) is 0. The van der Waals surface area contributed by atoms with Crippen LogP contribution in [0.4, 0.5) is 0 Å². The van der Waals surface area contributed by atoms with Gasteiger partial charge in [-0.25, -0.2) is 4.98 Å². The van der Waals surface area contributed by atoms with Crippen molar-refractivity contribution in [1.82, 2.24) is 14.9 Å². The van der Waals surface area contributed by atoms with E-state index in [1.54, 1.807) is 17.1 Å². The van der Waals surface area contributed by atoms with Crippen molar-refractivity contribution in [3.05, 3.63) is 18.2 Å². The van der Waals surface area contributed by atoms with E-state index in [9.17, 15) is 4.79 Å². The summed E-state index contributed by atoms with van der Waals surface area (Å²) in [5.41, 5.74) is 0.495. The topological polar surface area (TPSA) is 46.9 Å². The lowest BCUT2D eigenvalue weighted by Crippen LogP contribution is -2.34. The van der Waals surface area contributed by atoms with Crippen molar-refractivity contribution in [2.75, 3.05) is 6.54 Å². The highest BCUT2D eigenvalue weighted by atomic mass is 79.9. The van der Waals surface area contributed by atoms with Crippen LogP contribution in [0, 0.1) is 5.92 Å². The fourth-order valence-corrected chi connectivity index (χ4v) is 3.01. The highest BCUT2D eigenvalue weighted by Gasteiger charge is 2.23. The second-order valence-electron chi connectivity index (χ2n) is 4.69. The second-order valence-corrected chi connectivity index (χ2v) is 5.87. The van der Waals surface area contributed by atoms with Gasteiger partial charge in [0, 0.05) is 24.6 Å². The summed E-state index contributed by atoms with van der Waals surface area (Å²) < 4.78 is 1.78. The summed E-state index contributed by atoms with van der Waals surface area (Å²) in [4.78, 5) is 16.4. The highest BCUT2D eigenvalue weighted by molar-refractivity contribution is 9.09. The first-order valence-electron chi connectivity index (χ1n) is 6.07. The zero-order valence-electron chi connectivity index (χ0n) is 10.0. The number of imidazole rings is 1. The molecule has 1 aromatic heterocycles. The Morgan fingerprint density at radius 2 is 2.35 bits per heavy atom. The Hall–Kier alpha value is -0.840. The Kier molecular flexibility index (Phi) is 4.20. The molecular formula is C12H18BrN3O. The quantitative estimate of drug-likeness (QED) is 0.869.